The van der Waals surface area contributed by atoms with E-state index in [0.717, 1.165) is 6.07 Å². The van der Waals surface area contributed by atoms with E-state index in [0.29, 0.717) is 0 Å². The Labute approximate surface area is 107 Å². The van der Waals surface area contributed by atoms with Gasteiger partial charge in [0.15, 0.2) is 0 Å². The molecule has 0 saturated heterocycles. The van der Waals surface area contributed by atoms with Crippen LogP contribution in [-0.4, -0.2) is 35.4 Å². The molecule has 9 nitrogen and oxygen atoms in total. The summed E-state index contributed by atoms with van der Waals surface area (Å²) < 4.78 is 29.1. The zero-order chi connectivity index (χ0) is 14.0. The number of ether oxygens (including phenoxy) is 1. The summed E-state index contributed by atoms with van der Waals surface area (Å²) in [5, 5.41) is 9.73. The summed E-state index contributed by atoms with van der Waals surface area (Å²) in [6, 6.07) is 2.22. The van der Waals surface area contributed by atoms with Gasteiger partial charge < -0.3 is 9.72 Å². The highest BCUT2D eigenvalue weighted by atomic mass is 32.2. The third-order valence-corrected chi connectivity index (χ3v) is 3.74. The topological polar surface area (TPSA) is 128 Å². The van der Waals surface area contributed by atoms with Gasteiger partial charge in [-0.3, -0.25) is 10.1 Å². The summed E-state index contributed by atoms with van der Waals surface area (Å²) in [5.41, 5.74) is -0.641. The second-order valence-corrected chi connectivity index (χ2v) is 5.11. The van der Waals surface area contributed by atoms with Crippen molar-refractivity contribution in [2.45, 2.75) is 10.2 Å². The van der Waals surface area contributed by atoms with Crippen molar-refractivity contribution in [3.8, 4) is 5.88 Å². The molecule has 0 aliphatic carbocycles. The molecule has 2 heterocycles. The summed E-state index contributed by atoms with van der Waals surface area (Å²) in [7, 11) is -2.93. The van der Waals surface area contributed by atoms with Gasteiger partial charge in [-0.15, -0.1) is 0 Å². The Morgan fingerprint density at radius 2 is 2.16 bits per heavy atom. The van der Waals surface area contributed by atoms with E-state index in [1.165, 1.54) is 25.6 Å². The molecule has 19 heavy (non-hydrogen) atoms. The van der Waals surface area contributed by atoms with Crippen molar-refractivity contribution < 1.29 is 18.1 Å². The van der Waals surface area contributed by atoms with Crippen LogP contribution in [0.2, 0.25) is 0 Å². The van der Waals surface area contributed by atoms with E-state index in [4.69, 9.17) is 4.74 Å². The Kier molecular flexibility index (Phi) is 3.17. The molecule has 0 atom stereocenters. The number of sulfone groups is 1. The maximum atomic E-state index is 12.2. The van der Waals surface area contributed by atoms with Crippen molar-refractivity contribution in [2.75, 3.05) is 7.11 Å². The monoisotopic (exact) mass is 284 g/mol. The van der Waals surface area contributed by atoms with Crippen LogP contribution in [0.1, 0.15) is 0 Å². The summed E-state index contributed by atoms with van der Waals surface area (Å²) in [6.45, 7) is 0. The molecule has 2 aromatic rings. The molecule has 0 spiro atoms. The van der Waals surface area contributed by atoms with E-state index in [9.17, 15) is 18.5 Å². The van der Waals surface area contributed by atoms with E-state index in [2.05, 4.69) is 15.0 Å². The van der Waals surface area contributed by atoms with E-state index in [-0.39, 0.29) is 5.88 Å². The fourth-order valence-electron chi connectivity index (χ4n) is 1.36. The smallest absolute Gasteiger partial charge is 0.307 e. The zero-order valence-corrected chi connectivity index (χ0v) is 10.4. The zero-order valence-electron chi connectivity index (χ0n) is 9.60. The molecule has 0 aliphatic rings. The lowest BCUT2D eigenvalue weighted by Gasteiger charge is -2.04. The Bertz CT molecular complexity index is 710. The SMILES string of the molecule is COc1ccc([N+](=O)[O-])c(S(=O)(=O)c2ncc[nH]2)n1. The molecule has 1 N–H and O–H groups in total. The van der Waals surface area contributed by atoms with Gasteiger partial charge in [0, 0.05) is 24.5 Å². The molecule has 100 valence electrons. The van der Waals surface area contributed by atoms with Crippen molar-refractivity contribution >= 4 is 15.5 Å². The van der Waals surface area contributed by atoms with Crippen molar-refractivity contribution in [3.05, 3.63) is 34.6 Å². The molecular formula is C9H8N4O5S. The number of imidazole rings is 1. The summed E-state index contributed by atoms with van der Waals surface area (Å²) >= 11 is 0. The second-order valence-electron chi connectivity index (χ2n) is 3.33. The molecule has 0 amide bonds. The van der Waals surface area contributed by atoms with Crippen LogP contribution in [0.4, 0.5) is 5.69 Å². The van der Waals surface area contributed by atoms with Crippen LogP contribution in [0, 0.1) is 10.1 Å². The number of nitrogens with zero attached hydrogens (tertiary/aromatic N) is 3. The number of nitrogens with one attached hydrogen (secondary N) is 1. The first-order valence-electron chi connectivity index (χ1n) is 4.90. The Balaban J connectivity index is 2.70. The summed E-state index contributed by atoms with van der Waals surface area (Å²) in [6.07, 6.45) is 2.51. The van der Waals surface area contributed by atoms with Gasteiger partial charge >= 0.3 is 5.69 Å². The number of rotatable bonds is 4. The summed E-state index contributed by atoms with van der Waals surface area (Å²) in [5.74, 6) is -0.0456. The van der Waals surface area contributed by atoms with Gasteiger partial charge in [-0.05, 0) is 0 Å². The maximum absolute atomic E-state index is 12.2. The highest BCUT2D eigenvalue weighted by Crippen LogP contribution is 2.27. The molecular weight excluding hydrogens is 276 g/mol. The van der Waals surface area contributed by atoms with Crippen LogP contribution in [0.15, 0.2) is 34.7 Å². The Morgan fingerprint density at radius 1 is 1.42 bits per heavy atom. The quantitative estimate of drug-likeness (QED) is 0.641. The van der Waals surface area contributed by atoms with Crippen LogP contribution in [0.3, 0.4) is 0 Å². The van der Waals surface area contributed by atoms with Crippen LogP contribution >= 0.6 is 0 Å². The van der Waals surface area contributed by atoms with Crippen molar-refractivity contribution in [3.63, 3.8) is 0 Å². The minimum absolute atomic E-state index is 0.0456. The molecule has 0 aromatic carbocycles. The van der Waals surface area contributed by atoms with Crippen LogP contribution in [-0.2, 0) is 9.84 Å². The lowest BCUT2D eigenvalue weighted by molar-refractivity contribution is -0.388. The third-order valence-electron chi connectivity index (χ3n) is 2.20. The van der Waals surface area contributed by atoms with E-state index in [1.807, 2.05) is 0 Å². The molecule has 0 unspecified atom stereocenters. The number of aromatic amines is 1. The van der Waals surface area contributed by atoms with Gasteiger partial charge in [-0.25, -0.2) is 13.4 Å². The van der Waals surface area contributed by atoms with Gasteiger partial charge in [-0.1, -0.05) is 0 Å². The molecule has 0 radical (unpaired) electrons. The van der Waals surface area contributed by atoms with E-state index >= 15 is 0 Å². The Morgan fingerprint density at radius 3 is 2.68 bits per heavy atom. The van der Waals surface area contributed by atoms with Gasteiger partial charge in [0.1, 0.15) is 0 Å². The second kappa shape index (κ2) is 4.65. The van der Waals surface area contributed by atoms with Crippen molar-refractivity contribution in [1.82, 2.24) is 15.0 Å². The molecule has 2 rings (SSSR count). The fraction of sp³-hybridized carbons (Fsp3) is 0.111. The van der Waals surface area contributed by atoms with Gasteiger partial charge in [0.2, 0.25) is 16.1 Å². The van der Waals surface area contributed by atoms with Crippen molar-refractivity contribution in [2.24, 2.45) is 0 Å². The van der Waals surface area contributed by atoms with Crippen LogP contribution in [0.5, 0.6) is 5.88 Å². The molecule has 10 heteroatoms. The number of hydrogen-bond donors (Lipinski definition) is 1. The molecule has 2 aromatic heterocycles. The van der Waals surface area contributed by atoms with Gasteiger partial charge in [-0.2, -0.15) is 4.98 Å². The van der Waals surface area contributed by atoms with Crippen LogP contribution in [0.25, 0.3) is 0 Å². The first-order valence-corrected chi connectivity index (χ1v) is 6.39. The standard InChI is InChI=1S/C9H8N4O5S/c1-18-7-3-2-6(13(14)15)8(12-7)19(16,17)9-10-4-5-11-9/h2-5H,1H3,(H,10,11). The maximum Gasteiger partial charge on any atom is 0.307 e. The minimum atomic E-state index is -4.20. The van der Waals surface area contributed by atoms with Crippen molar-refractivity contribution in [1.29, 1.82) is 0 Å². The number of hydrogen-bond acceptors (Lipinski definition) is 7. The highest BCUT2D eigenvalue weighted by Gasteiger charge is 2.32. The number of methoxy groups -OCH3 is 1. The minimum Gasteiger partial charge on any atom is -0.481 e. The number of H-pyrrole nitrogens is 1. The lowest BCUT2D eigenvalue weighted by atomic mass is 10.4. The first kappa shape index (κ1) is 13.0. The predicted molar refractivity (Wildman–Crippen MR) is 61.5 cm³/mol. The van der Waals surface area contributed by atoms with Gasteiger partial charge in [0.25, 0.3) is 9.84 Å². The third kappa shape index (κ3) is 2.25. The molecule has 0 aliphatic heterocycles. The number of nitro groups is 1. The number of aromatic nitrogens is 3. The average Bonchev–Trinajstić information content (AvgIpc) is 2.92. The largest absolute Gasteiger partial charge is 0.481 e. The average molecular weight is 284 g/mol. The molecule has 0 fully saturated rings. The molecule has 0 saturated carbocycles. The highest BCUT2D eigenvalue weighted by molar-refractivity contribution is 7.91. The number of pyridine rings is 1. The fourth-order valence-corrected chi connectivity index (χ4v) is 2.59. The predicted octanol–water partition coefficient (Wildman–Crippen LogP) is 0.554. The lowest BCUT2D eigenvalue weighted by Crippen LogP contribution is -2.10. The first-order chi connectivity index (χ1) is 8.96. The molecule has 0 bridgehead atoms. The normalized spacial score (nSPS) is 11.2. The Hall–Kier alpha value is -2.49. The van der Waals surface area contributed by atoms with Gasteiger partial charge in [0.05, 0.1) is 12.0 Å². The van der Waals surface area contributed by atoms with E-state index < -0.39 is 30.6 Å². The summed E-state index contributed by atoms with van der Waals surface area (Å²) in [4.78, 5) is 19.6. The van der Waals surface area contributed by atoms with E-state index in [1.54, 1.807) is 0 Å². The van der Waals surface area contributed by atoms with Crippen LogP contribution < -0.4 is 4.74 Å².